The Labute approximate surface area is 219 Å². The fourth-order valence-corrected chi connectivity index (χ4v) is 5.32. The summed E-state index contributed by atoms with van der Waals surface area (Å²) >= 11 is 7.45. The lowest BCUT2D eigenvalue weighted by Crippen LogP contribution is -2.37. The maximum absolute atomic E-state index is 12.6. The highest BCUT2D eigenvalue weighted by atomic mass is 35.5. The summed E-state index contributed by atoms with van der Waals surface area (Å²) in [5.74, 6) is -0.484. The number of benzene rings is 1. The summed E-state index contributed by atoms with van der Waals surface area (Å²) in [6, 6.07) is 5.52. The molecule has 4 aromatic rings. The molecule has 1 aromatic carbocycles. The average molecular weight is 543 g/mol. The van der Waals surface area contributed by atoms with Crippen LogP contribution in [0.25, 0.3) is 11.2 Å². The van der Waals surface area contributed by atoms with Gasteiger partial charge in [0, 0.05) is 56.7 Å². The summed E-state index contributed by atoms with van der Waals surface area (Å²) in [7, 11) is 2.93. The van der Waals surface area contributed by atoms with Crippen LogP contribution in [0, 0.1) is 6.92 Å². The first-order valence-corrected chi connectivity index (χ1v) is 12.6. The molecule has 37 heavy (non-hydrogen) atoms. The molecule has 5 rings (SSSR count). The van der Waals surface area contributed by atoms with Gasteiger partial charge >= 0.3 is 5.69 Å². The number of carbonyl (C=O) groups is 2. The van der Waals surface area contributed by atoms with Gasteiger partial charge in [-0.3, -0.25) is 23.5 Å². The molecule has 3 aromatic heterocycles. The van der Waals surface area contributed by atoms with Crippen LogP contribution in [0.3, 0.4) is 0 Å². The number of aryl methyl sites for hydroxylation is 3. The van der Waals surface area contributed by atoms with Gasteiger partial charge in [-0.15, -0.1) is 10.2 Å². The van der Waals surface area contributed by atoms with E-state index in [0.29, 0.717) is 28.1 Å². The number of halogens is 1. The zero-order chi connectivity index (χ0) is 26.4. The van der Waals surface area contributed by atoms with E-state index >= 15 is 0 Å². The monoisotopic (exact) mass is 542 g/mol. The Kier molecular flexibility index (Phi) is 6.42. The number of rotatable bonds is 6. The van der Waals surface area contributed by atoms with E-state index < -0.39 is 11.2 Å². The van der Waals surface area contributed by atoms with Crippen LogP contribution in [0.4, 0.5) is 10.8 Å². The molecular formula is C23H23ClN8O4S. The Morgan fingerprint density at radius 2 is 1.97 bits per heavy atom. The maximum Gasteiger partial charge on any atom is 0.332 e. The lowest BCUT2D eigenvalue weighted by Gasteiger charge is -2.17. The van der Waals surface area contributed by atoms with Crippen molar-refractivity contribution >= 4 is 56.7 Å². The van der Waals surface area contributed by atoms with Gasteiger partial charge in [-0.05, 0) is 24.6 Å². The number of hydrogen-bond donors (Lipinski definition) is 1. The number of nitrogens with zero attached hydrogens (tertiary/aromatic N) is 7. The van der Waals surface area contributed by atoms with Gasteiger partial charge in [0.1, 0.15) is 5.01 Å². The Morgan fingerprint density at radius 3 is 2.73 bits per heavy atom. The van der Waals surface area contributed by atoms with E-state index in [0.717, 1.165) is 15.8 Å². The van der Waals surface area contributed by atoms with E-state index in [4.69, 9.17) is 11.6 Å². The van der Waals surface area contributed by atoms with Crippen LogP contribution in [0.2, 0.25) is 5.02 Å². The molecule has 0 aliphatic carbocycles. The summed E-state index contributed by atoms with van der Waals surface area (Å²) in [4.78, 5) is 55.7. The third-order valence-corrected chi connectivity index (χ3v) is 7.83. The van der Waals surface area contributed by atoms with Gasteiger partial charge in [-0.1, -0.05) is 29.0 Å². The molecular weight excluding hydrogens is 520 g/mol. The molecule has 0 radical (unpaired) electrons. The molecule has 1 unspecified atom stereocenters. The first-order valence-electron chi connectivity index (χ1n) is 11.4. The highest BCUT2D eigenvalue weighted by Gasteiger charge is 2.34. The highest BCUT2D eigenvalue weighted by Crippen LogP contribution is 2.35. The number of imidazole rings is 1. The van der Waals surface area contributed by atoms with Crippen LogP contribution in [-0.4, -0.2) is 47.2 Å². The Hall–Kier alpha value is -3.84. The fraction of sp³-hybridized carbons (Fsp3) is 0.348. The normalized spacial score (nSPS) is 15.6. The van der Waals surface area contributed by atoms with E-state index in [1.807, 2.05) is 19.1 Å². The minimum absolute atomic E-state index is 0.0260. The molecule has 4 heterocycles. The Bertz CT molecular complexity index is 1670. The van der Waals surface area contributed by atoms with E-state index in [-0.39, 0.29) is 41.9 Å². The minimum atomic E-state index is -0.474. The molecule has 0 saturated carbocycles. The van der Waals surface area contributed by atoms with Crippen LogP contribution in [0.5, 0.6) is 0 Å². The van der Waals surface area contributed by atoms with Crippen LogP contribution >= 0.6 is 22.9 Å². The van der Waals surface area contributed by atoms with Crippen molar-refractivity contribution in [3.05, 3.63) is 61.0 Å². The second kappa shape index (κ2) is 9.56. The highest BCUT2D eigenvalue weighted by molar-refractivity contribution is 7.15. The Morgan fingerprint density at radius 1 is 1.19 bits per heavy atom. The number of anilines is 2. The van der Waals surface area contributed by atoms with Crippen LogP contribution < -0.4 is 21.5 Å². The number of carbonyl (C=O) groups excluding carboxylic acids is 2. The van der Waals surface area contributed by atoms with Crippen LogP contribution in [-0.2, 0) is 30.2 Å². The molecule has 1 fully saturated rings. The number of hydrogen-bond acceptors (Lipinski definition) is 8. The number of amides is 2. The van der Waals surface area contributed by atoms with Gasteiger partial charge in [0.2, 0.25) is 16.9 Å². The number of aromatic nitrogens is 6. The Balaban J connectivity index is 1.23. The molecule has 0 spiro atoms. The molecule has 1 N–H and O–H groups in total. The van der Waals surface area contributed by atoms with E-state index in [1.165, 1.54) is 36.3 Å². The minimum Gasteiger partial charge on any atom is -0.324 e. The predicted molar refractivity (Wildman–Crippen MR) is 139 cm³/mol. The largest absolute Gasteiger partial charge is 0.332 e. The SMILES string of the molecule is Cc1ccc(N2CC(c3nnc(NC(=O)CCn4cnc5c4c(=O)n(C)c(=O)n5C)s3)CC2=O)cc1Cl. The van der Waals surface area contributed by atoms with Gasteiger partial charge in [0.15, 0.2) is 11.2 Å². The van der Waals surface area contributed by atoms with Crippen molar-refractivity contribution in [1.82, 2.24) is 28.9 Å². The van der Waals surface area contributed by atoms with Crippen molar-refractivity contribution in [3.8, 4) is 0 Å². The second-order valence-corrected chi connectivity index (χ2v) is 10.3. The molecule has 2 amide bonds. The molecule has 1 aliphatic heterocycles. The average Bonchev–Trinajstić information content (AvgIpc) is 3.60. The molecule has 0 bridgehead atoms. The molecule has 14 heteroatoms. The maximum atomic E-state index is 12.6. The van der Waals surface area contributed by atoms with E-state index in [9.17, 15) is 19.2 Å². The molecule has 1 saturated heterocycles. The van der Waals surface area contributed by atoms with Crippen molar-refractivity contribution in [2.75, 3.05) is 16.8 Å². The van der Waals surface area contributed by atoms with Gasteiger partial charge < -0.3 is 14.8 Å². The quantitative estimate of drug-likeness (QED) is 0.392. The molecule has 12 nitrogen and oxygen atoms in total. The van der Waals surface area contributed by atoms with Gasteiger partial charge in [0.25, 0.3) is 5.56 Å². The lowest BCUT2D eigenvalue weighted by atomic mass is 10.1. The molecule has 1 atom stereocenters. The third kappa shape index (κ3) is 4.55. The predicted octanol–water partition coefficient (Wildman–Crippen LogP) is 1.80. The smallest absolute Gasteiger partial charge is 0.324 e. The van der Waals surface area contributed by atoms with E-state index in [1.54, 1.807) is 15.5 Å². The summed E-state index contributed by atoms with van der Waals surface area (Å²) in [5, 5.41) is 12.6. The van der Waals surface area contributed by atoms with Crippen molar-refractivity contribution < 1.29 is 9.59 Å². The summed E-state index contributed by atoms with van der Waals surface area (Å²) in [6.07, 6.45) is 1.78. The summed E-state index contributed by atoms with van der Waals surface area (Å²) in [5.41, 5.74) is 1.24. The number of fused-ring (bicyclic) bond motifs is 1. The van der Waals surface area contributed by atoms with Gasteiger partial charge in [0.05, 0.1) is 6.33 Å². The van der Waals surface area contributed by atoms with Crippen LogP contribution in [0.15, 0.2) is 34.1 Å². The van der Waals surface area contributed by atoms with Crippen molar-refractivity contribution in [2.24, 2.45) is 14.1 Å². The van der Waals surface area contributed by atoms with Gasteiger partial charge in [-0.25, -0.2) is 9.78 Å². The summed E-state index contributed by atoms with van der Waals surface area (Å²) < 4.78 is 3.85. The number of nitrogens with one attached hydrogen (secondary N) is 1. The van der Waals surface area contributed by atoms with Crippen molar-refractivity contribution in [3.63, 3.8) is 0 Å². The molecule has 192 valence electrons. The standard InChI is InChI=1S/C23H23ClN8O4S/c1-12-4-5-14(9-15(12)24)32-10-13(8-17(32)34)20-27-28-22(37-20)26-16(33)6-7-31-11-25-19-18(31)21(35)30(3)23(36)29(19)2/h4-5,9,11,13H,6-8,10H2,1-3H3,(H,26,28,33). The zero-order valence-electron chi connectivity index (χ0n) is 20.3. The topological polar surface area (TPSA) is 137 Å². The van der Waals surface area contributed by atoms with E-state index in [2.05, 4.69) is 20.5 Å². The molecule has 1 aliphatic rings. The first kappa shape index (κ1) is 24.8. The summed E-state index contributed by atoms with van der Waals surface area (Å²) in [6.45, 7) is 2.54. The fourth-order valence-electron chi connectivity index (χ4n) is 4.29. The first-order chi connectivity index (χ1) is 17.6. The lowest BCUT2D eigenvalue weighted by molar-refractivity contribution is -0.117. The zero-order valence-corrected chi connectivity index (χ0v) is 21.8. The van der Waals surface area contributed by atoms with Crippen molar-refractivity contribution in [2.45, 2.75) is 32.2 Å². The van der Waals surface area contributed by atoms with Crippen molar-refractivity contribution in [1.29, 1.82) is 0 Å². The second-order valence-electron chi connectivity index (χ2n) is 8.90. The third-order valence-electron chi connectivity index (χ3n) is 6.43. The van der Waals surface area contributed by atoms with Crippen LogP contribution in [0.1, 0.15) is 29.3 Å². The van der Waals surface area contributed by atoms with Gasteiger partial charge in [-0.2, -0.15) is 0 Å².